The van der Waals surface area contributed by atoms with Gasteiger partial charge in [-0.1, -0.05) is 6.07 Å². The molecule has 1 aliphatic rings. The molecule has 0 spiro atoms. The molecule has 0 bridgehead atoms. The number of carbonyl (C=O) groups excluding carboxylic acids is 2. The van der Waals surface area contributed by atoms with Gasteiger partial charge in [0, 0.05) is 18.7 Å². The van der Waals surface area contributed by atoms with Gasteiger partial charge in [-0.2, -0.15) is 11.8 Å². The van der Waals surface area contributed by atoms with Crippen molar-refractivity contribution >= 4 is 45.1 Å². The third-order valence-corrected chi connectivity index (χ3v) is 6.54. The topological polar surface area (TPSA) is 130 Å². The zero-order valence-electron chi connectivity index (χ0n) is 17.0. The smallest absolute Gasteiger partial charge is 0.287 e. The summed E-state index contributed by atoms with van der Waals surface area (Å²) < 4.78 is 32.8. The van der Waals surface area contributed by atoms with Crippen LogP contribution in [-0.2, 0) is 14.8 Å². The van der Waals surface area contributed by atoms with Crippen LogP contribution in [0.3, 0.4) is 0 Å². The van der Waals surface area contributed by atoms with E-state index in [9.17, 15) is 18.0 Å². The Hall–Kier alpha value is -2.79. The predicted octanol–water partition coefficient (Wildman–Crippen LogP) is 2.24. The zero-order chi connectivity index (χ0) is 22.3. The second-order valence-corrected chi connectivity index (χ2v) is 9.51. The predicted molar refractivity (Wildman–Crippen MR) is 120 cm³/mol. The third kappa shape index (κ3) is 6.34. The Morgan fingerprint density at radius 1 is 1.26 bits per heavy atom. The molecule has 2 amide bonds. The Kier molecular flexibility index (Phi) is 7.75. The third-order valence-electron chi connectivity index (χ3n) is 4.52. The second kappa shape index (κ2) is 10.5. The van der Waals surface area contributed by atoms with Gasteiger partial charge in [-0.3, -0.25) is 19.3 Å². The van der Waals surface area contributed by atoms with Crippen LogP contribution in [0.5, 0.6) is 0 Å². The molecule has 11 heteroatoms. The highest BCUT2D eigenvalue weighted by atomic mass is 32.2. The average Bonchev–Trinajstić information content (AvgIpc) is 3.45. The Labute approximate surface area is 185 Å². The highest BCUT2D eigenvalue weighted by Gasteiger charge is 2.23. The Morgan fingerprint density at radius 3 is 2.77 bits per heavy atom. The summed E-state index contributed by atoms with van der Waals surface area (Å²) in [5, 5.41) is 5.35. The minimum Gasteiger partial charge on any atom is -0.459 e. The summed E-state index contributed by atoms with van der Waals surface area (Å²) in [5.41, 5.74) is 0.308. The number of hydrogen-bond acceptors (Lipinski definition) is 7. The number of benzene rings is 1. The number of carbonyl (C=O) groups is 2. The lowest BCUT2D eigenvalue weighted by Gasteiger charge is -2.18. The molecule has 0 saturated heterocycles. The molecule has 3 rings (SSSR count). The Bertz CT molecular complexity index is 1050. The van der Waals surface area contributed by atoms with E-state index >= 15 is 0 Å². The number of sulfonamides is 1. The SMILES string of the molecule is CSCC[C@H](NC(=O)c1ccco1)C(=O)Nc1cccc(S(=O)(=O)NC2=NCCC2)c1. The van der Waals surface area contributed by atoms with Crippen molar-refractivity contribution in [1.82, 2.24) is 10.0 Å². The van der Waals surface area contributed by atoms with Crippen LogP contribution in [0.25, 0.3) is 0 Å². The van der Waals surface area contributed by atoms with E-state index in [1.54, 1.807) is 30.0 Å². The van der Waals surface area contributed by atoms with Crippen molar-refractivity contribution in [3.63, 3.8) is 0 Å². The van der Waals surface area contributed by atoms with Gasteiger partial charge in [0.1, 0.15) is 11.9 Å². The van der Waals surface area contributed by atoms with Gasteiger partial charge in [-0.05, 0) is 55.2 Å². The average molecular weight is 465 g/mol. The second-order valence-electron chi connectivity index (χ2n) is 6.84. The molecule has 166 valence electrons. The number of furan rings is 1. The van der Waals surface area contributed by atoms with Crippen molar-refractivity contribution in [2.75, 3.05) is 23.9 Å². The summed E-state index contributed by atoms with van der Waals surface area (Å²) in [5.74, 6) is 0.251. The monoisotopic (exact) mass is 464 g/mol. The van der Waals surface area contributed by atoms with Gasteiger partial charge < -0.3 is 15.1 Å². The first-order valence-electron chi connectivity index (χ1n) is 9.69. The van der Waals surface area contributed by atoms with Crippen molar-refractivity contribution in [3.05, 3.63) is 48.4 Å². The van der Waals surface area contributed by atoms with E-state index < -0.39 is 27.9 Å². The fourth-order valence-corrected chi connectivity index (χ4v) is 4.55. The molecular weight excluding hydrogens is 440 g/mol. The molecule has 0 fully saturated rings. The molecule has 0 unspecified atom stereocenters. The normalized spacial score (nSPS) is 14.5. The van der Waals surface area contributed by atoms with E-state index in [2.05, 4.69) is 20.3 Å². The number of amides is 2. The Morgan fingerprint density at radius 2 is 2.10 bits per heavy atom. The first-order chi connectivity index (χ1) is 14.9. The maximum absolute atomic E-state index is 12.8. The standard InChI is InChI=1S/C20H24N4O5S2/c1-30-12-9-16(23-20(26)17-7-4-11-29-17)19(25)22-14-5-2-6-15(13-14)31(27,28)24-18-8-3-10-21-18/h2,4-7,11,13,16H,3,8-10,12H2,1H3,(H,21,24)(H,22,25)(H,23,26)/t16-/m0/s1. The number of rotatable bonds is 9. The van der Waals surface area contributed by atoms with E-state index in [4.69, 9.17) is 4.42 Å². The van der Waals surface area contributed by atoms with Crippen molar-refractivity contribution in [2.24, 2.45) is 4.99 Å². The van der Waals surface area contributed by atoms with E-state index in [0.29, 0.717) is 36.7 Å². The molecule has 1 aliphatic heterocycles. The number of nitrogens with one attached hydrogen (secondary N) is 3. The van der Waals surface area contributed by atoms with Crippen LogP contribution < -0.4 is 15.4 Å². The fraction of sp³-hybridized carbons (Fsp3) is 0.350. The summed E-state index contributed by atoms with van der Waals surface area (Å²) in [4.78, 5) is 29.2. The van der Waals surface area contributed by atoms with E-state index in [1.165, 1.54) is 24.5 Å². The van der Waals surface area contributed by atoms with Crippen molar-refractivity contribution in [2.45, 2.75) is 30.2 Å². The number of hydrogen-bond donors (Lipinski definition) is 3. The van der Waals surface area contributed by atoms with Gasteiger partial charge in [0.15, 0.2) is 5.76 Å². The lowest BCUT2D eigenvalue weighted by atomic mass is 10.2. The summed E-state index contributed by atoms with van der Waals surface area (Å²) in [6.07, 6.45) is 5.08. The lowest BCUT2D eigenvalue weighted by Crippen LogP contribution is -2.44. The molecule has 1 aromatic carbocycles. The summed E-state index contributed by atoms with van der Waals surface area (Å²) in [6.45, 7) is 0.606. The molecule has 0 saturated carbocycles. The minimum atomic E-state index is -3.80. The summed E-state index contributed by atoms with van der Waals surface area (Å²) >= 11 is 1.55. The molecule has 3 N–H and O–H groups in total. The molecule has 2 aromatic rings. The molecule has 31 heavy (non-hydrogen) atoms. The van der Waals surface area contributed by atoms with Crippen LogP contribution >= 0.6 is 11.8 Å². The van der Waals surface area contributed by atoms with Crippen LogP contribution in [0.2, 0.25) is 0 Å². The van der Waals surface area contributed by atoms with Crippen LogP contribution in [0, 0.1) is 0 Å². The lowest BCUT2D eigenvalue weighted by molar-refractivity contribution is -0.118. The largest absolute Gasteiger partial charge is 0.459 e. The molecular formula is C20H24N4O5S2. The maximum Gasteiger partial charge on any atom is 0.287 e. The van der Waals surface area contributed by atoms with Gasteiger partial charge in [0.05, 0.1) is 11.2 Å². The number of amidine groups is 1. The number of anilines is 1. The number of aliphatic imine (C=N–C) groups is 1. The highest BCUT2D eigenvalue weighted by molar-refractivity contribution is 7.98. The quantitative estimate of drug-likeness (QED) is 0.522. The Balaban J connectivity index is 1.70. The van der Waals surface area contributed by atoms with Crippen molar-refractivity contribution < 1.29 is 22.4 Å². The van der Waals surface area contributed by atoms with E-state index in [-0.39, 0.29) is 10.7 Å². The molecule has 1 atom stereocenters. The molecule has 0 radical (unpaired) electrons. The van der Waals surface area contributed by atoms with Crippen LogP contribution in [0.15, 0.2) is 57.0 Å². The minimum absolute atomic E-state index is 0.0141. The van der Waals surface area contributed by atoms with Gasteiger partial charge >= 0.3 is 0 Å². The molecule has 1 aromatic heterocycles. The maximum atomic E-state index is 12.8. The van der Waals surface area contributed by atoms with Crippen LogP contribution in [0.1, 0.15) is 29.8 Å². The van der Waals surface area contributed by atoms with Crippen molar-refractivity contribution in [3.8, 4) is 0 Å². The van der Waals surface area contributed by atoms with Gasteiger partial charge in [-0.25, -0.2) is 8.42 Å². The first-order valence-corrected chi connectivity index (χ1v) is 12.6. The van der Waals surface area contributed by atoms with Gasteiger partial charge in [0.2, 0.25) is 5.91 Å². The zero-order valence-corrected chi connectivity index (χ0v) is 18.6. The van der Waals surface area contributed by atoms with Gasteiger partial charge in [-0.15, -0.1) is 0 Å². The highest BCUT2D eigenvalue weighted by Crippen LogP contribution is 2.17. The van der Waals surface area contributed by atoms with Gasteiger partial charge in [0.25, 0.3) is 15.9 Å². The van der Waals surface area contributed by atoms with E-state index in [0.717, 1.165) is 6.42 Å². The summed E-state index contributed by atoms with van der Waals surface area (Å²) in [7, 11) is -3.80. The van der Waals surface area contributed by atoms with Crippen molar-refractivity contribution in [1.29, 1.82) is 0 Å². The first kappa shape index (κ1) is 22.9. The van der Waals surface area contributed by atoms with E-state index in [1.807, 2.05) is 6.26 Å². The molecule has 9 nitrogen and oxygen atoms in total. The molecule has 2 heterocycles. The number of nitrogens with zero attached hydrogens (tertiary/aromatic N) is 1. The number of thioether (sulfide) groups is 1. The molecule has 0 aliphatic carbocycles. The summed E-state index contributed by atoms with van der Waals surface area (Å²) in [6, 6.07) is 8.23. The van der Waals surface area contributed by atoms with Crippen LogP contribution in [-0.4, -0.2) is 50.7 Å². The fourth-order valence-electron chi connectivity index (χ4n) is 2.95. The van der Waals surface area contributed by atoms with Crippen LogP contribution in [0.4, 0.5) is 5.69 Å².